The van der Waals surface area contributed by atoms with Crippen LogP contribution in [0.5, 0.6) is 0 Å². The summed E-state index contributed by atoms with van der Waals surface area (Å²) < 4.78 is 25.7. The third-order valence-corrected chi connectivity index (χ3v) is 1.88. The van der Waals surface area contributed by atoms with Crippen molar-refractivity contribution >= 4 is 10.1 Å². The van der Waals surface area contributed by atoms with E-state index in [1.165, 1.54) is 13.2 Å². The number of allylic oxidation sites excluding steroid dienone is 1. The van der Waals surface area contributed by atoms with E-state index >= 15 is 0 Å². The first-order chi connectivity index (χ1) is 4.48. The zero-order valence-electron chi connectivity index (χ0n) is 6.42. The zero-order chi connectivity index (χ0) is 8.20. The van der Waals surface area contributed by atoms with Crippen LogP contribution in [0.25, 0.3) is 0 Å². The Hall–Kier alpha value is -0.510. The Morgan fingerprint density at radius 2 is 2.00 bits per heavy atom. The molecule has 0 fully saturated rings. The van der Waals surface area contributed by atoms with E-state index in [4.69, 9.17) is 0 Å². The van der Waals surface area contributed by atoms with Crippen molar-refractivity contribution in [3.8, 4) is 0 Å². The van der Waals surface area contributed by atoms with Gasteiger partial charge in [-0.05, 0) is 26.3 Å². The second-order valence-electron chi connectivity index (χ2n) is 2.14. The normalized spacial score (nSPS) is 10.7. The van der Waals surface area contributed by atoms with Gasteiger partial charge in [0.15, 0.2) is 0 Å². The SMILES string of the molecule is CCS(=O)(=O)OC=C(C)C. The lowest BCUT2D eigenvalue weighted by Gasteiger charge is -1.97. The zero-order valence-corrected chi connectivity index (χ0v) is 7.23. The van der Waals surface area contributed by atoms with Crippen molar-refractivity contribution in [3.05, 3.63) is 11.8 Å². The van der Waals surface area contributed by atoms with E-state index < -0.39 is 10.1 Å². The fourth-order valence-corrected chi connectivity index (χ4v) is 0.713. The average molecular weight is 164 g/mol. The van der Waals surface area contributed by atoms with Gasteiger partial charge in [0, 0.05) is 0 Å². The van der Waals surface area contributed by atoms with Crippen LogP contribution in [0.1, 0.15) is 20.8 Å². The minimum absolute atomic E-state index is 0.0107. The van der Waals surface area contributed by atoms with Gasteiger partial charge in [0.1, 0.15) is 6.26 Å². The molecular formula is C6H12O3S. The molecule has 0 aliphatic rings. The molecule has 0 rings (SSSR count). The smallest absolute Gasteiger partial charge is 0.308 e. The lowest BCUT2D eigenvalue weighted by molar-refractivity contribution is 0.441. The third kappa shape index (κ3) is 4.38. The molecule has 0 aliphatic carbocycles. The van der Waals surface area contributed by atoms with Crippen molar-refractivity contribution in [3.63, 3.8) is 0 Å². The predicted octanol–water partition coefficient (Wildman–Crippen LogP) is 1.28. The molecule has 0 aromatic carbocycles. The summed E-state index contributed by atoms with van der Waals surface area (Å²) in [4.78, 5) is 0. The van der Waals surface area contributed by atoms with E-state index in [-0.39, 0.29) is 5.75 Å². The van der Waals surface area contributed by atoms with Crippen LogP contribution in [-0.4, -0.2) is 14.2 Å². The van der Waals surface area contributed by atoms with E-state index in [0.717, 1.165) is 5.57 Å². The molecule has 0 spiro atoms. The van der Waals surface area contributed by atoms with Gasteiger partial charge in [0.25, 0.3) is 0 Å². The maximum atomic E-state index is 10.6. The summed E-state index contributed by atoms with van der Waals surface area (Å²) in [6.07, 6.45) is 1.23. The molecule has 0 heterocycles. The summed E-state index contributed by atoms with van der Waals surface area (Å²) in [5, 5.41) is 0. The molecule has 0 bridgehead atoms. The average Bonchev–Trinajstić information content (AvgIpc) is 1.85. The van der Waals surface area contributed by atoms with Crippen LogP contribution in [0.4, 0.5) is 0 Å². The summed E-state index contributed by atoms with van der Waals surface area (Å²) >= 11 is 0. The predicted molar refractivity (Wildman–Crippen MR) is 40.0 cm³/mol. The van der Waals surface area contributed by atoms with Gasteiger partial charge < -0.3 is 4.18 Å². The fourth-order valence-electron chi connectivity index (χ4n) is 0.238. The molecule has 0 radical (unpaired) electrons. The van der Waals surface area contributed by atoms with Gasteiger partial charge >= 0.3 is 10.1 Å². The topological polar surface area (TPSA) is 43.4 Å². The van der Waals surface area contributed by atoms with Crippen molar-refractivity contribution in [2.45, 2.75) is 20.8 Å². The Labute approximate surface area is 61.8 Å². The number of hydrogen-bond acceptors (Lipinski definition) is 3. The minimum atomic E-state index is -3.29. The highest BCUT2D eigenvalue weighted by molar-refractivity contribution is 7.86. The largest absolute Gasteiger partial charge is 0.390 e. The van der Waals surface area contributed by atoms with Gasteiger partial charge in [0.05, 0.1) is 5.75 Å². The van der Waals surface area contributed by atoms with Gasteiger partial charge in [0.2, 0.25) is 0 Å². The van der Waals surface area contributed by atoms with Crippen LogP contribution >= 0.6 is 0 Å². The van der Waals surface area contributed by atoms with E-state index in [0.29, 0.717) is 0 Å². The van der Waals surface area contributed by atoms with E-state index in [1.54, 1.807) is 13.8 Å². The monoisotopic (exact) mass is 164 g/mol. The molecule has 3 nitrogen and oxygen atoms in total. The Morgan fingerprint density at radius 1 is 1.50 bits per heavy atom. The lowest BCUT2D eigenvalue weighted by atomic mass is 10.4. The summed E-state index contributed by atoms with van der Waals surface area (Å²) in [6, 6.07) is 0. The van der Waals surface area contributed by atoms with Crippen LogP contribution in [-0.2, 0) is 14.3 Å². The molecule has 0 aliphatic heterocycles. The Balaban J connectivity index is 4.06. The maximum absolute atomic E-state index is 10.6. The molecule has 0 atom stereocenters. The molecule has 0 amide bonds. The molecule has 0 saturated carbocycles. The molecular weight excluding hydrogens is 152 g/mol. The van der Waals surface area contributed by atoms with Crippen molar-refractivity contribution in [2.75, 3.05) is 5.75 Å². The van der Waals surface area contributed by atoms with Crippen LogP contribution in [0.2, 0.25) is 0 Å². The third-order valence-electron chi connectivity index (χ3n) is 0.784. The van der Waals surface area contributed by atoms with Gasteiger partial charge in [-0.2, -0.15) is 8.42 Å². The summed E-state index contributed by atoms with van der Waals surface area (Å²) in [5.41, 5.74) is 0.831. The van der Waals surface area contributed by atoms with Gasteiger partial charge in [-0.15, -0.1) is 0 Å². The number of rotatable bonds is 3. The van der Waals surface area contributed by atoms with Crippen molar-refractivity contribution < 1.29 is 12.6 Å². The highest BCUT2D eigenvalue weighted by Gasteiger charge is 2.03. The van der Waals surface area contributed by atoms with Crippen LogP contribution in [0, 0.1) is 0 Å². The van der Waals surface area contributed by atoms with Crippen LogP contribution in [0.15, 0.2) is 11.8 Å². The summed E-state index contributed by atoms with van der Waals surface area (Å²) in [5.74, 6) is 0.0107. The first-order valence-electron chi connectivity index (χ1n) is 3.02. The standard InChI is InChI=1S/C6H12O3S/c1-4-10(7,8)9-5-6(2)3/h5H,4H2,1-3H3. The van der Waals surface area contributed by atoms with E-state index in [2.05, 4.69) is 4.18 Å². The van der Waals surface area contributed by atoms with Crippen molar-refractivity contribution in [1.29, 1.82) is 0 Å². The molecule has 0 N–H and O–H groups in total. The van der Waals surface area contributed by atoms with Crippen molar-refractivity contribution in [1.82, 2.24) is 0 Å². The molecule has 10 heavy (non-hydrogen) atoms. The van der Waals surface area contributed by atoms with Gasteiger partial charge in [-0.1, -0.05) is 0 Å². The highest BCUT2D eigenvalue weighted by Crippen LogP contribution is 1.96. The lowest BCUT2D eigenvalue weighted by Crippen LogP contribution is -2.03. The van der Waals surface area contributed by atoms with Crippen LogP contribution < -0.4 is 0 Å². The summed E-state index contributed by atoms with van der Waals surface area (Å²) in [7, 11) is -3.29. The first kappa shape index (κ1) is 9.49. The fraction of sp³-hybridized carbons (Fsp3) is 0.667. The van der Waals surface area contributed by atoms with Crippen LogP contribution in [0.3, 0.4) is 0 Å². The molecule has 0 saturated heterocycles. The maximum Gasteiger partial charge on any atom is 0.308 e. The Bertz CT molecular complexity index is 209. The second kappa shape index (κ2) is 3.61. The first-order valence-corrected chi connectivity index (χ1v) is 4.60. The molecule has 0 aromatic heterocycles. The molecule has 60 valence electrons. The second-order valence-corrected chi connectivity index (χ2v) is 4.02. The highest BCUT2D eigenvalue weighted by atomic mass is 32.2. The molecule has 0 aromatic rings. The van der Waals surface area contributed by atoms with E-state index in [9.17, 15) is 8.42 Å². The Kier molecular flexibility index (Phi) is 3.42. The van der Waals surface area contributed by atoms with E-state index in [1.807, 2.05) is 0 Å². The van der Waals surface area contributed by atoms with Gasteiger partial charge in [-0.25, -0.2) is 0 Å². The molecule has 4 heteroatoms. The Morgan fingerprint density at radius 3 is 2.30 bits per heavy atom. The summed E-state index contributed by atoms with van der Waals surface area (Å²) in [6.45, 7) is 5.07. The van der Waals surface area contributed by atoms with Crippen molar-refractivity contribution in [2.24, 2.45) is 0 Å². The number of hydrogen-bond donors (Lipinski definition) is 0. The molecule has 0 unspecified atom stereocenters. The quantitative estimate of drug-likeness (QED) is 0.466. The minimum Gasteiger partial charge on any atom is -0.390 e. The van der Waals surface area contributed by atoms with Gasteiger partial charge in [-0.3, -0.25) is 0 Å².